The van der Waals surface area contributed by atoms with Crippen molar-refractivity contribution in [3.63, 3.8) is 0 Å². The highest BCUT2D eigenvalue weighted by atomic mass is 16.5. The van der Waals surface area contributed by atoms with Crippen LogP contribution in [0.25, 0.3) is 0 Å². The van der Waals surface area contributed by atoms with Crippen LogP contribution in [0.5, 0.6) is 17.2 Å². The number of fused-ring (bicyclic) bond motifs is 2. The molecular formula is C30H34N2O5. The van der Waals surface area contributed by atoms with Crippen LogP contribution in [0.1, 0.15) is 35.7 Å². The Morgan fingerprint density at radius 2 is 1.78 bits per heavy atom. The van der Waals surface area contributed by atoms with Gasteiger partial charge in [0.1, 0.15) is 6.10 Å². The maximum absolute atomic E-state index is 13.9. The molecule has 8 rings (SSSR count). The van der Waals surface area contributed by atoms with Gasteiger partial charge < -0.3 is 23.8 Å². The van der Waals surface area contributed by atoms with Gasteiger partial charge in [-0.05, 0) is 49.4 Å². The molecule has 0 amide bonds. The summed E-state index contributed by atoms with van der Waals surface area (Å²) in [7, 11) is 6.91. The van der Waals surface area contributed by atoms with E-state index in [1.165, 1.54) is 16.8 Å². The second kappa shape index (κ2) is 7.90. The molecule has 6 bridgehead atoms. The number of allylic oxidation sites excluding steroid dienone is 1. The Kier molecular flexibility index (Phi) is 4.91. The lowest BCUT2D eigenvalue weighted by Crippen LogP contribution is -2.68. The molecular weight excluding hydrogens is 468 g/mol. The van der Waals surface area contributed by atoms with Gasteiger partial charge in [0.05, 0.1) is 38.3 Å². The molecule has 7 nitrogen and oxygen atoms in total. The van der Waals surface area contributed by atoms with E-state index < -0.39 is 0 Å². The fourth-order valence-electron chi connectivity index (χ4n) is 8.89. The number of carbonyl (C=O) groups is 1. The largest absolute Gasteiger partial charge is 0.493 e. The molecule has 0 aromatic heterocycles. The predicted molar refractivity (Wildman–Crippen MR) is 140 cm³/mol. The first kappa shape index (κ1) is 23.0. The number of piperidine rings is 4. The summed E-state index contributed by atoms with van der Waals surface area (Å²) >= 11 is 0. The van der Waals surface area contributed by atoms with E-state index >= 15 is 0 Å². The third-order valence-corrected chi connectivity index (χ3v) is 10.1. The summed E-state index contributed by atoms with van der Waals surface area (Å²) in [6.45, 7) is 3.19. The third-order valence-electron chi connectivity index (χ3n) is 10.1. The zero-order chi connectivity index (χ0) is 25.6. The van der Waals surface area contributed by atoms with Crippen molar-refractivity contribution < 1.29 is 23.7 Å². The Hall–Kier alpha value is -3.19. The molecule has 8 atom stereocenters. The first-order chi connectivity index (χ1) is 18.0. The van der Waals surface area contributed by atoms with Crippen LogP contribution in [-0.4, -0.2) is 70.0 Å². The SMILES string of the molecule is C/C=C1/CN2[C@H]3C[C@@]45c6ccccc6N(C)[C@H]4[C@@H]2C[C@@H]1C3[C@H]5OC(=O)c1cc(OC)c(OC)c(OC)c1. The number of para-hydroxylation sites is 1. The Morgan fingerprint density at radius 1 is 1.05 bits per heavy atom. The minimum Gasteiger partial charge on any atom is -0.493 e. The van der Waals surface area contributed by atoms with Crippen molar-refractivity contribution >= 4 is 11.7 Å². The van der Waals surface area contributed by atoms with Crippen molar-refractivity contribution in [3.8, 4) is 17.2 Å². The lowest BCUT2D eigenvalue weighted by Gasteiger charge is -2.58. The molecule has 5 aliphatic heterocycles. The van der Waals surface area contributed by atoms with Gasteiger partial charge in [-0.15, -0.1) is 0 Å². The topological polar surface area (TPSA) is 60.5 Å². The number of ether oxygens (including phenoxy) is 4. The maximum Gasteiger partial charge on any atom is 0.338 e. The van der Waals surface area contributed by atoms with Crippen molar-refractivity contribution in [3.05, 3.63) is 59.2 Å². The number of benzene rings is 2. The van der Waals surface area contributed by atoms with E-state index in [0.717, 1.165) is 19.4 Å². The van der Waals surface area contributed by atoms with Crippen LogP contribution in [0.4, 0.5) is 5.69 Å². The summed E-state index contributed by atoms with van der Waals surface area (Å²) in [5, 5.41) is 0. The van der Waals surface area contributed by atoms with E-state index in [1.807, 2.05) is 0 Å². The van der Waals surface area contributed by atoms with E-state index in [1.54, 1.807) is 33.5 Å². The van der Waals surface area contributed by atoms with E-state index in [4.69, 9.17) is 18.9 Å². The minimum atomic E-state index is -0.340. The Morgan fingerprint density at radius 3 is 2.46 bits per heavy atom. The highest BCUT2D eigenvalue weighted by Crippen LogP contribution is 2.68. The molecule has 1 spiro atoms. The van der Waals surface area contributed by atoms with E-state index in [9.17, 15) is 4.79 Å². The molecule has 5 heterocycles. The first-order valence-corrected chi connectivity index (χ1v) is 13.2. The van der Waals surface area contributed by atoms with Crippen LogP contribution in [0.15, 0.2) is 48.0 Å². The van der Waals surface area contributed by atoms with Crippen molar-refractivity contribution in [2.24, 2.45) is 11.8 Å². The highest BCUT2D eigenvalue weighted by molar-refractivity contribution is 5.91. The number of carbonyl (C=O) groups excluding carboxylic acids is 1. The number of anilines is 1. The normalized spacial score (nSPS) is 36.9. The van der Waals surface area contributed by atoms with Crippen LogP contribution >= 0.6 is 0 Å². The Balaban J connectivity index is 1.35. The van der Waals surface area contributed by atoms with Gasteiger partial charge in [0.2, 0.25) is 5.75 Å². The monoisotopic (exact) mass is 502 g/mol. The van der Waals surface area contributed by atoms with Gasteiger partial charge in [0.15, 0.2) is 11.5 Å². The van der Waals surface area contributed by atoms with E-state index in [0.29, 0.717) is 40.8 Å². The first-order valence-electron chi connectivity index (χ1n) is 13.2. The third kappa shape index (κ3) is 2.73. The van der Waals surface area contributed by atoms with Crippen molar-refractivity contribution in [2.75, 3.05) is 39.8 Å². The second-order valence-corrected chi connectivity index (χ2v) is 11.1. The lowest BCUT2D eigenvalue weighted by atomic mass is 9.65. The van der Waals surface area contributed by atoms with Gasteiger partial charge >= 0.3 is 5.97 Å². The highest BCUT2D eigenvalue weighted by Gasteiger charge is 2.75. The maximum atomic E-state index is 13.9. The fourth-order valence-corrected chi connectivity index (χ4v) is 8.89. The van der Waals surface area contributed by atoms with Crippen LogP contribution in [0, 0.1) is 11.8 Å². The van der Waals surface area contributed by atoms with Gasteiger partial charge in [-0.3, -0.25) is 4.90 Å². The summed E-state index contributed by atoms with van der Waals surface area (Å²) < 4.78 is 23.2. The minimum absolute atomic E-state index is 0.212. The Labute approximate surface area is 217 Å². The molecule has 2 aromatic carbocycles. The summed E-state index contributed by atoms with van der Waals surface area (Å²) in [5.41, 5.74) is 4.31. The molecule has 194 valence electrons. The smallest absolute Gasteiger partial charge is 0.338 e. The van der Waals surface area contributed by atoms with Crippen LogP contribution in [0.3, 0.4) is 0 Å². The van der Waals surface area contributed by atoms with Gasteiger partial charge in [-0.2, -0.15) is 0 Å². The molecule has 4 saturated heterocycles. The number of methoxy groups -OCH3 is 3. The molecule has 1 saturated carbocycles. The van der Waals surface area contributed by atoms with Gasteiger partial charge in [-0.1, -0.05) is 29.8 Å². The zero-order valence-corrected chi connectivity index (χ0v) is 22.1. The van der Waals surface area contributed by atoms with Gasteiger partial charge in [0.25, 0.3) is 0 Å². The van der Waals surface area contributed by atoms with Gasteiger partial charge in [0, 0.05) is 37.3 Å². The number of esters is 1. The number of likely N-dealkylation sites (N-methyl/N-ethyl adjacent to an activating group) is 1. The second-order valence-electron chi connectivity index (χ2n) is 11.1. The summed E-state index contributed by atoms with van der Waals surface area (Å²) in [6, 6.07) is 13.3. The molecule has 7 heteroatoms. The predicted octanol–water partition coefficient (Wildman–Crippen LogP) is 4.05. The summed E-state index contributed by atoms with van der Waals surface area (Å²) in [4.78, 5) is 19.1. The molecule has 37 heavy (non-hydrogen) atoms. The average Bonchev–Trinajstić information content (AvgIpc) is 3.34. The zero-order valence-electron chi connectivity index (χ0n) is 22.1. The number of hydrogen-bond acceptors (Lipinski definition) is 7. The van der Waals surface area contributed by atoms with Gasteiger partial charge in [-0.25, -0.2) is 4.79 Å². The van der Waals surface area contributed by atoms with Crippen molar-refractivity contribution in [1.29, 1.82) is 0 Å². The van der Waals surface area contributed by atoms with Crippen LogP contribution in [0.2, 0.25) is 0 Å². The number of hydrogen-bond donors (Lipinski definition) is 0. The Bertz CT molecular complexity index is 1300. The van der Waals surface area contributed by atoms with E-state index in [-0.39, 0.29) is 29.4 Å². The molecule has 0 N–H and O–H groups in total. The standard InChI is InChI=1S/C30H34N2O5/c1-6-16-15-32-21-13-18(16)25-22(32)14-30(19-9-7-8-10-20(19)31(2)27(21)30)28(25)37-29(33)17-11-23(34-3)26(36-5)24(12-17)35-4/h6-12,18,21-22,25,27-28H,13-15H2,1-5H3/b16-6-/t18-,21-,22-,25?,27-,28+,30+/m0/s1. The van der Waals surface area contributed by atoms with Crippen molar-refractivity contribution in [2.45, 2.75) is 49.4 Å². The van der Waals surface area contributed by atoms with E-state index in [2.05, 4.69) is 54.1 Å². The molecule has 1 aliphatic carbocycles. The fraction of sp³-hybridized carbons (Fsp3) is 0.500. The molecule has 5 fully saturated rings. The lowest BCUT2D eigenvalue weighted by molar-refractivity contribution is -0.0390. The van der Waals surface area contributed by atoms with Crippen LogP contribution in [-0.2, 0) is 10.2 Å². The quantitative estimate of drug-likeness (QED) is 0.452. The molecule has 2 aromatic rings. The molecule has 0 radical (unpaired) electrons. The summed E-state index contributed by atoms with van der Waals surface area (Å²) in [6.07, 6.45) is 4.24. The average molecular weight is 503 g/mol. The van der Waals surface area contributed by atoms with Crippen LogP contribution < -0.4 is 19.1 Å². The number of rotatable bonds is 5. The summed E-state index contributed by atoms with van der Waals surface area (Å²) in [5.74, 6) is 1.75. The molecule has 2 unspecified atom stereocenters. The van der Waals surface area contributed by atoms with Crippen molar-refractivity contribution in [1.82, 2.24) is 4.90 Å². The number of nitrogens with zero attached hydrogens (tertiary/aromatic N) is 2. The molecule has 6 aliphatic rings.